The highest BCUT2D eigenvalue weighted by atomic mass is 35.5. The Balaban J connectivity index is 2.02. The van der Waals surface area contributed by atoms with Crippen LogP contribution in [0.25, 0.3) is 11.1 Å². The van der Waals surface area contributed by atoms with Gasteiger partial charge >= 0.3 is 0 Å². The molecule has 2 heterocycles. The van der Waals surface area contributed by atoms with Gasteiger partial charge in [0.25, 0.3) is 0 Å². The highest BCUT2D eigenvalue weighted by molar-refractivity contribution is 7.10. The molecular formula is C18H22ClNS. The van der Waals surface area contributed by atoms with Crippen LogP contribution in [-0.2, 0) is 0 Å². The highest BCUT2D eigenvalue weighted by Crippen LogP contribution is 2.44. The third-order valence-electron chi connectivity index (χ3n) is 4.28. The van der Waals surface area contributed by atoms with Gasteiger partial charge in [-0.05, 0) is 63.2 Å². The first-order chi connectivity index (χ1) is 9.98. The van der Waals surface area contributed by atoms with Gasteiger partial charge in [0.1, 0.15) is 0 Å². The topological polar surface area (TPSA) is 3.24 Å². The van der Waals surface area contributed by atoms with Crippen LogP contribution >= 0.6 is 22.9 Å². The Morgan fingerprint density at radius 2 is 1.90 bits per heavy atom. The fraction of sp³-hybridized carbons (Fsp3) is 0.444. The van der Waals surface area contributed by atoms with Crippen LogP contribution in [0, 0.1) is 0 Å². The van der Waals surface area contributed by atoms with E-state index in [1.54, 1.807) is 0 Å². The van der Waals surface area contributed by atoms with E-state index in [1.807, 2.05) is 23.5 Å². The van der Waals surface area contributed by atoms with Gasteiger partial charge in [0.05, 0.1) is 0 Å². The molecule has 1 aliphatic heterocycles. The van der Waals surface area contributed by atoms with Crippen molar-refractivity contribution in [3.63, 3.8) is 0 Å². The highest BCUT2D eigenvalue weighted by Gasteiger charge is 2.35. The van der Waals surface area contributed by atoms with Gasteiger partial charge in [-0.15, -0.1) is 11.3 Å². The van der Waals surface area contributed by atoms with Crippen molar-refractivity contribution in [1.29, 1.82) is 0 Å². The molecule has 1 aliphatic rings. The molecule has 1 aromatic heterocycles. The van der Waals surface area contributed by atoms with Crippen molar-refractivity contribution < 1.29 is 0 Å². The molecule has 1 fully saturated rings. The molecule has 0 bridgehead atoms. The van der Waals surface area contributed by atoms with Crippen molar-refractivity contribution in [2.45, 2.75) is 45.2 Å². The Morgan fingerprint density at radius 1 is 1.14 bits per heavy atom. The maximum absolute atomic E-state index is 6.41. The van der Waals surface area contributed by atoms with E-state index in [0.29, 0.717) is 6.04 Å². The fourth-order valence-corrected chi connectivity index (χ4v) is 4.62. The Hall–Kier alpha value is -0.830. The zero-order chi connectivity index (χ0) is 15.0. The Morgan fingerprint density at radius 3 is 2.62 bits per heavy atom. The summed E-state index contributed by atoms with van der Waals surface area (Å²) in [7, 11) is 0. The van der Waals surface area contributed by atoms with Gasteiger partial charge in [-0.3, -0.25) is 4.90 Å². The first-order valence-corrected chi connectivity index (χ1v) is 8.83. The molecule has 1 atom stereocenters. The number of thiophene rings is 1. The van der Waals surface area contributed by atoms with Crippen molar-refractivity contribution >= 4 is 22.9 Å². The maximum atomic E-state index is 6.41. The summed E-state index contributed by atoms with van der Waals surface area (Å²) in [6, 6.07) is 10.9. The summed E-state index contributed by atoms with van der Waals surface area (Å²) in [5, 5.41) is 3.05. The van der Waals surface area contributed by atoms with Crippen molar-refractivity contribution in [3.8, 4) is 11.1 Å². The van der Waals surface area contributed by atoms with E-state index in [1.165, 1.54) is 29.8 Å². The number of rotatable bonds is 2. The second kappa shape index (κ2) is 5.75. The van der Waals surface area contributed by atoms with Gasteiger partial charge in [0.2, 0.25) is 0 Å². The minimum atomic E-state index is 0.211. The summed E-state index contributed by atoms with van der Waals surface area (Å²) in [6.45, 7) is 8.13. The van der Waals surface area contributed by atoms with Crippen molar-refractivity contribution in [2.24, 2.45) is 0 Å². The summed E-state index contributed by atoms with van der Waals surface area (Å²) < 4.78 is 0. The molecule has 2 aromatic rings. The minimum absolute atomic E-state index is 0.211. The van der Waals surface area contributed by atoms with Crippen LogP contribution in [-0.4, -0.2) is 17.0 Å². The second-order valence-corrected chi connectivity index (χ2v) is 8.06. The zero-order valence-corrected chi connectivity index (χ0v) is 14.5. The number of nitrogens with zero attached hydrogens (tertiary/aromatic N) is 1. The second-order valence-electron chi connectivity index (χ2n) is 6.70. The lowest BCUT2D eigenvalue weighted by Crippen LogP contribution is -2.40. The van der Waals surface area contributed by atoms with Crippen LogP contribution < -0.4 is 0 Å². The third kappa shape index (κ3) is 2.90. The number of hydrogen-bond acceptors (Lipinski definition) is 2. The first kappa shape index (κ1) is 15.1. The van der Waals surface area contributed by atoms with E-state index in [0.717, 1.165) is 10.6 Å². The molecule has 0 amide bonds. The molecule has 1 saturated heterocycles. The van der Waals surface area contributed by atoms with Gasteiger partial charge in [-0.1, -0.05) is 29.8 Å². The lowest BCUT2D eigenvalue weighted by atomic mass is 9.99. The van der Waals surface area contributed by atoms with Crippen LogP contribution in [0.2, 0.25) is 5.02 Å². The normalized spacial score (nSPS) is 20.1. The van der Waals surface area contributed by atoms with Crippen LogP contribution in [0.15, 0.2) is 35.7 Å². The molecule has 21 heavy (non-hydrogen) atoms. The van der Waals surface area contributed by atoms with Crippen LogP contribution in [0.4, 0.5) is 0 Å². The van der Waals surface area contributed by atoms with Crippen LogP contribution in [0.5, 0.6) is 0 Å². The molecule has 3 rings (SSSR count). The number of halogens is 1. The lowest BCUT2D eigenvalue weighted by molar-refractivity contribution is 0.124. The minimum Gasteiger partial charge on any atom is -0.291 e. The smallest absolute Gasteiger partial charge is 0.0484 e. The summed E-state index contributed by atoms with van der Waals surface area (Å²) >= 11 is 8.28. The van der Waals surface area contributed by atoms with Gasteiger partial charge in [-0.25, -0.2) is 0 Å². The van der Waals surface area contributed by atoms with Crippen LogP contribution in [0.3, 0.4) is 0 Å². The van der Waals surface area contributed by atoms with E-state index in [4.69, 9.17) is 11.6 Å². The molecule has 1 unspecified atom stereocenters. The summed E-state index contributed by atoms with van der Waals surface area (Å²) in [4.78, 5) is 4.11. The average Bonchev–Trinajstić information content (AvgIpc) is 3.06. The van der Waals surface area contributed by atoms with E-state index in [9.17, 15) is 0 Å². The van der Waals surface area contributed by atoms with Gasteiger partial charge in [0, 0.05) is 27.0 Å². The molecule has 0 radical (unpaired) electrons. The molecule has 1 nitrogen and oxygen atoms in total. The lowest BCUT2D eigenvalue weighted by Gasteiger charge is -2.37. The summed E-state index contributed by atoms with van der Waals surface area (Å²) in [5.74, 6) is 0. The van der Waals surface area contributed by atoms with Crippen molar-refractivity contribution in [2.75, 3.05) is 6.54 Å². The molecular weight excluding hydrogens is 298 g/mol. The largest absolute Gasteiger partial charge is 0.291 e. The Kier molecular flexibility index (Phi) is 4.13. The third-order valence-corrected chi connectivity index (χ3v) is 5.62. The molecule has 1 aromatic carbocycles. The number of benzene rings is 1. The Labute approximate surface area is 136 Å². The standard InChI is InChI=1S/C18H22ClNS/c1-18(2,3)20-11-6-9-16(20)17-14(10-12-21-17)13-7-4-5-8-15(13)19/h4-5,7-8,10,12,16H,6,9,11H2,1-3H3. The van der Waals surface area contributed by atoms with E-state index in [2.05, 4.69) is 49.3 Å². The number of likely N-dealkylation sites (tertiary alicyclic amines) is 1. The van der Waals surface area contributed by atoms with E-state index in [-0.39, 0.29) is 5.54 Å². The summed E-state index contributed by atoms with van der Waals surface area (Å²) in [6.07, 6.45) is 2.52. The predicted octanol–water partition coefficient (Wildman–Crippen LogP) is 6.00. The summed E-state index contributed by atoms with van der Waals surface area (Å²) in [5.41, 5.74) is 2.69. The van der Waals surface area contributed by atoms with Crippen molar-refractivity contribution in [1.82, 2.24) is 4.90 Å². The molecule has 0 N–H and O–H groups in total. The monoisotopic (exact) mass is 319 g/mol. The quantitative estimate of drug-likeness (QED) is 0.655. The van der Waals surface area contributed by atoms with E-state index >= 15 is 0 Å². The molecule has 3 heteroatoms. The SMILES string of the molecule is CC(C)(C)N1CCCC1c1sccc1-c1ccccc1Cl. The van der Waals surface area contributed by atoms with Crippen molar-refractivity contribution in [3.05, 3.63) is 45.6 Å². The predicted molar refractivity (Wildman–Crippen MR) is 93.2 cm³/mol. The van der Waals surface area contributed by atoms with E-state index < -0.39 is 0 Å². The van der Waals surface area contributed by atoms with Crippen LogP contribution in [0.1, 0.15) is 44.5 Å². The zero-order valence-electron chi connectivity index (χ0n) is 12.9. The molecule has 0 aliphatic carbocycles. The fourth-order valence-electron chi connectivity index (χ4n) is 3.32. The van der Waals surface area contributed by atoms with Gasteiger partial charge in [0.15, 0.2) is 0 Å². The first-order valence-electron chi connectivity index (χ1n) is 7.57. The van der Waals surface area contributed by atoms with Gasteiger partial charge in [-0.2, -0.15) is 0 Å². The molecule has 112 valence electrons. The average molecular weight is 320 g/mol. The Bertz CT molecular complexity index is 626. The van der Waals surface area contributed by atoms with Gasteiger partial charge < -0.3 is 0 Å². The number of hydrogen-bond donors (Lipinski definition) is 0. The maximum Gasteiger partial charge on any atom is 0.0484 e. The molecule has 0 spiro atoms. The molecule has 0 saturated carbocycles.